The van der Waals surface area contributed by atoms with Crippen molar-refractivity contribution < 1.29 is 64.7 Å². The van der Waals surface area contributed by atoms with E-state index < -0.39 is 34.6 Å². The van der Waals surface area contributed by atoms with Crippen LogP contribution in [-0.2, 0) is 43.1 Å². The van der Waals surface area contributed by atoms with E-state index in [1.165, 1.54) is 25.2 Å². The summed E-state index contributed by atoms with van der Waals surface area (Å²) in [6.07, 6.45) is -7.75. The largest absolute Gasteiger partial charge is 0.493 e. The number of nitrogens with zero attached hydrogens (tertiary/aromatic N) is 2. The number of unbranched alkanes of at least 4 members (excludes halogenated alkanes) is 2. The Kier molecular flexibility index (Phi) is 16.3. The molecule has 1 aromatic heterocycles. The molecule has 1 N–H and O–H groups in total. The molecule has 10 nitrogen and oxygen atoms in total. The summed E-state index contributed by atoms with van der Waals surface area (Å²) in [5.74, 6) is -1.14. The Hall–Kier alpha value is -3.41. The molecule has 0 atom stereocenters. The zero-order valence-electron chi connectivity index (χ0n) is 27.5. The maximum Gasteiger partial charge on any atom is 0.435 e. The smallest absolute Gasteiger partial charge is 0.435 e. The van der Waals surface area contributed by atoms with Gasteiger partial charge in [-0.1, -0.05) is 17.7 Å². The molecule has 0 amide bonds. The Morgan fingerprint density at radius 2 is 1.40 bits per heavy atom. The normalized spacial score (nSPS) is 12.0. The van der Waals surface area contributed by atoms with Crippen molar-refractivity contribution in [2.45, 2.75) is 38.5 Å². The van der Waals surface area contributed by atoms with Crippen LogP contribution in [-0.4, -0.2) is 86.9 Å². The summed E-state index contributed by atoms with van der Waals surface area (Å²) in [7, 11) is 1.25. The number of benzene rings is 2. The number of halogens is 7. The van der Waals surface area contributed by atoms with Crippen LogP contribution >= 0.6 is 11.6 Å². The highest BCUT2D eigenvalue weighted by Crippen LogP contribution is 2.48. The van der Waals surface area contributed by atoms with Gasteiger partial charge in [0.05, 0.1) is 81.3 Å². The molecule has 0 bridgehead atoms. The van der Waals surface area contributed by atoms with Crippen LogP contribution in [0.5, 0.6) is 11.5 Å². The summed E-state index contributed by atoms with van der Waals surface area (Å²) in [4.78, 5) is 12.2. The minimum absolute atomic E-state index is 0.0333. The minimum atomic E-state index is -4.84. The molecule has 278 valence electrons. The van der Waals surface area contributed by atoms with Gasteiger partial charge in [0.25, 0.3) is 0 Å². The van der Waals surface area contributed by atoms with E-state index in [2.05, 4.69) is 5.10 Å². The number of hydrogen-bond donors (Lipinski definition) is 1. The van der Waals surface area contributed by atoms with E-state index in [0.717, 1.165) is 29.8 Å². The maximum atomic E-state index is 13.8. The van der Waals surface area contributed by atoms with Crippen molar-refractivity contribution >= 4 is 17.6 Å². The molecule has 3 aromatic rings. The van der Waals surface area contributed by atoms with Crippen LogP contribution in [0.25, 0.3) is 22.4 Å². The van der Waals surface area contributed by atoms with E-state index in [1.54, 1.807) is 0 Å². The molecule has 0 saturated heterocycles. The van der Waals surface area contributed by atoms with Crippen molar-refractivity contribution in [3.63, 3.8) is 0 Å². The molecule has 0 saturated carbocycles. The number of alkyl halides is 6. The van der Waals surface area contributed by atoms with Crippen LogP contribution < -0.4 is 9.47 Å². The third kappa shape index (κ3) is 12.7. The van der Waals surface area contributed by atoms with Crippen molar-refractivity contribution in [1.82, 2.24) is 9.78 Å². The average molecular weight is 741 g/mol. The Morgan fingerprint density at radius 3 is 1.96 bits per heavy atom. The lowest BCUT2D eigenvalue weighted by atomic mass is 9.96. The van der Waals surface area contributed by atoms with Gasteiger partial charge in [-0.3, -0.25) is 9.48 Å². The summed E-state index contributed by atoms with van der Waals surface area (Å²) in [5.41, 5.74) is -2.70. The molecule has 50 heavy (non-hydrogen) atoms. The van der Waals surface area contributed by atoms with Crippen LogP contribution in [0.15, 0.2) is 36.4 Å². The summed E-state index contributed by atoms with van der Waals surface area (Å²) < 4.78 is 116. The highest BCUT2D eigenvalue weighted by atomic mass is 35.5. The van der Waals surface area contributed by atoms with Crippen LogP contribution in [0.4, 0.5) is 26.3 Å². The quantitative estimate of drug-likeness (QED) is 0.0536. The van der Waals surface area contributed by atoms with E-state index in [-0.39, 0.29) is 53.7 Å². The molecule has 2 aromatic carbocycles. The van der Waals surface area contributed by atoms with Crippen molar-refractivity contribution in [2.24, 2.45) is 7.05 Å². The first-order valence-electron chi connectivity index (χ1n) is 15.6. The van der Waals surface area contributed by atoms with Crippen LogP contribution in [0.3, 0.4) is 0 Å². The Bertz CT molecular complexity index is 1520. The van der Waals surface area contributed by atoms with Crippen LogP contribution in [0.2, 0.25) is 5.02 Å². The molecule has 0 spiro atoms. The summed E-state index contributed by atoms with van der Waals surface area (Å²) >= 11 is 5.85. The molecule has 3 rings (SSSR count). The Morgan fingerprint density at radius 1 is 0.800 bits per heavy atom. The Balaban J connectivity index is 1.69. The molecule has 0 unspecified atom stereocenters. The first-order chi connectivity index (χ1) is 23.7. The van der Waals surface area contributed by atoms with E-state index in [1.807, 2.05) is 0 Å². The number of rotatable bonds is 21. The number of aliphatic hydroxyl groups is 1. The molecule has 0 fully saturated rings. The number of ether oxygens (including phenoxy) is 6. The maximum absolute atomic E-state index is 13.8. The second kappa shape index (κ2) is 19.8. The number of esters is 1. The average Bonchev–Trinajstić information content (AvgIpc) is 3.44. The molecule has 1 heterocycles. The molecule has 0 aliphatic rings. The summed E-state index contributed by atoms with van der Waals surface area (Å²) in [6.45, 7) is 4.21. The zero-order valence-corrected chi connectivity index (χ0v) is 28.3. The van der Waals surface area contributed by atoms with Crippen molar-refractivity contribution in [3.8, 4) is 33.9 Å². The predicted octanol–water partition coefficient (Wildman–Crippen LogP) is 6.98. The second-order valence-electron chi connectivity index (χ2n) is 10.7. The van der Waals surface area contributed by atoms with Crippen molar-refractivity contribution in [1.29, 1.82) is 0 Å². The first kappa shape index (κ1) is 41.0. The fraction of sp³-hybridized carbons (Fsp3) is 0.515. The van der Waals surface area contributed by atoms with Gasteiger partial charge in [0.1, 0.15) is 5.75 Å². The molecular weight excluding hydrogens is 702 g/mol. The highest BCUT2D eigenvalue weighted by Gasteiger charge is 2.36. The lowest BCUT2D eigenvalue weighted by Crippen LogP contribution is -2.12. The third-order valence-electron chi connectivity index (χ3n) is 6.91. The number of hydrogen-bond acceptors (Lipinski definition) is 9. The number of aromatic nitrogens is 2. The summed E-state index contributed by atoms with van der Waals surface area (Å²) in [6, 6.07) is 6.54. The van der Waals surface area contributed by atoms with Gasteiger partial charge < -0.3 is 33.5 Å². The SMILES string of the molecule is CC(=O)Oc1c(-c2cc(C(F)(F)F)nn2C)ccc(OCCCCCOCCOCCOCCOCCO)c1-c1ccc(Cl)c(C(F)(F)F)c1. The molecular formula is C33H39ClF6N2O8. The number of aryl methyl sites for hydroxylation is 1. The topological polar surface area (TPSA) is 111 Å². The first-order valence-corrected chi connectivity index (χ1v) is 16.0. The summed E-state index contributed by atoms with van der Waals surface area (Å²) in [5, 5.41) is 11.6. The van der Waals surface area contributed by atoms with E-state index in [0.29, 0.717) is 65.5 Å². The van der Waals surface area contributed by atoms with Gasteiger partial charge in [-0.2, -0.15) is 31.4 Å². The third-order valence-corrected chi connectivity index (χ3v) is 7.24. The van der Waals surface area contributed by atoms with Gasteiger partial charge >= 0.3 is 18.3 Å². The second-order valence-corrected chi connectivity index (χ2v) is 11.1. The highest BCUT2D eigenvalue weighted by molar-refractivity contribution is 6.31. The molecule has 0 aliphatic carbocycles. The number of carbonyl (C=O) groups is 1. The van der Waals surface area contributed by atoms with Crippen molar-refractivity contribution in [3.05, 3.63) is 52.7 Å². The number of aliphatic hydroxyl groups excluding tert-OH is 1. The fourth-order valence-electron chi connectivity index (χ4n) is 4.66. The van der Waals surface area contributed by atoms with Crippen molar-refractivity contribution in [2.75, 3.05) is 66.1 Å². The Labute approximate surface area is 290 Å². The van der Waals surface area contributed by atoms with Gasteiger partial charge in [0.15, 0.2) is 11.4 Å². The van der Waals surface area contributed by atoms with Gasteiger partial charge in [0.2, 0.25) is 0 Å². The van der Waals surface area contributed by atoms with E-state index >= 15 is 0 Å². The predicted molar refractivity (Wildman–Crippen MR) is 170 cm³/mol. The zero-order chi connectivity index (χ0) is 36.7. The van der Waals surface area contributed by atoms with Gasteiger partial charge in [-0.25, -0.2) is 0 Å². The lowest BCUT2D eigenvalue weighted by Gasteiger charge is -2.20. The van der Waals surface area contributed by atoms with Gasteiger partial charge in [-0.15, -0.1) is 0 Å². The van der Waals surface area contributed by atoms with Gasteiger partial charge in [0, 0.05) is 26.1 Å². The van der Waals surface area contributed by atoms with Crippen LogP contribution in [0, 0.1) is 0 Å². The lowest BCUT2D eigenvalue weighted by molar-refractivity contribution is -0.141. The van der Waals surface area contributed by atoms with E-state index in [9.17, 15) is 31.1 Å². The van der Waals surface area contributed by atoms with Crippen LogP contribution in [0.1, 0.15) is 37.4 Å². The molecule has 17 heteroatoms. The molecule has 0 aliphatic heterocycles. The number of carbonyl (C=O) groups excluding carboxylic acids is 1. The minimum Gasteiger partial charge on any atom is -0.493 e. The monoisotopic (exact) mass is 740 g/mol. The van der Waals surface area contributed by atoms with Gasteiger partial charge in [-0.05, 0) is 55.2 Å². The standard InChI is InChI=1S/C33H39ClF6N2O8/c1-22(44)50-31-24(27-21-29(33(38,39)40)41-42(27)2)7-9-28(30(31)23-6-8-26(34)25(20-23)32(35,36)37)49-12-5-3-4-11-45-14-16-47-18-19-48-17-15-46-13-10-43/h6-9,20-21,43H,3-5,10-19H2,1-2H3. The molecule has 0 radical (unpaired) electrons. The fourth-order valence-corrected chi connectivity index (χ4v) is 4.88. The van der Waals surface area contributed by atoms with E-state index in [4.69, 9.17) is 45.1 Å².